The molecule has 0 bridgehead atoms. The second-order valence-electron chi connectivity index (χ2n) is 4.97. The Balaban J connectivity index is 2.53. The van der Waals surface area contributed by atoms with Gasteiger partial charge >= 0.3 is 0 Å². The van der Waals surface area contributed by atoms with Gasteiger partial charge in [-0.25, -0.2) is 0 Å². The van der Waals surface area contributed by atoms with Crippen LogP contribution >= 0.6 is 11.8 Å². The first-order chi connectivity index (χ1) is 8.13. The lowest BCUT2D eigenvalue weighted by Gasteiger charge is -2.10. The zero-order chi connectivity index (χ0) is 12.7. The zero-order valence-electron chi connectivity index (χ0n) is 11.5. The second kappa shape index (κ2) is 7.78. The summed E-state index contributed by atoms with van der Waals surface area (Å²) in [4.78, 5) is 1.40. The molecule has 1 nitrogen and oxygen atoms in total. The quantitative estimate of drug-likeness (QED) is 0.574. The Morgan fingerprint density at radius 1 is 1.29 bits per heavy atom. The Hall–Kier alpha value is -0.470. The lowest BCUT2D eigenvalue weighted by molar-refractivity contribution is 0.673. The van der Waals surface area contributed by atoms with Crippen molar-refractivity contribution in [1.82, 2.24) is 5.32 Å². The normalized spacial score (nSPS) is 11.1. The fraction of sp³-hybridized carbons (Fsp3) is 0.600. The van der Waals surface area contributed by atoms with Crippen LogP contribution in [0.2, 0.25) is 0 Å². The molecule has 0 aliphatic rings. The van der Waals surface area contributed by atoms with E-state index in [4.69, 9.17) is 0 Å². The summed E-state index contributed by atoms with van der Waals surface area (Å²) >= 11 is 1.96. The molecule has 0 saturated carbocycles. The number of hydrogen-bond donors (Lipinski definition) is 1. The number of benzene rings is 1. The smallest absolute Gasteiger partial charge is 0.0208 e. The average Bonchev–Trinajstić information content (AvgIpc) is 2.29. The lowest BCUT2D eigenvalue weighted by Crippen LogP contribution is -2.14. The molecule has 1 rings (SSSR count). The Morgan fingerprint density at radius 3 is 2.65 bits per heavy atom. The molecule has 0 aliphatic carbocycles. The maximum absolute atomic E-state index is 3.46. The SMILES string of the molecule is CCCNCc1ccc(SCC(C)C)cc1C. The van der Waals surface area contributed by atoms with E-state index < -0.39 is 0 Å². The summed E-state index contributed by atoms with van der Waals surface area (Å²) in [6.07, 6.45) is 1.20. The van der Waals surface area contributed by atoms with Gasteiger partial charge in [-0.2, -0.15) is 0 Å². The van der Waals surface area contributed by atoms with Crippen molar-refractivity contribution in [2.75, 3.05) is 12.3 Å². The van der Waals surface area contributed by atoms with Crippen molar-refractivity contribution >= 4 is 11.8 Å². The van der Waals surface area contributed by atoms with Gasteiger partial charge in [0.05, 0.1) is 0 Å². The zero-order valence-corrected chi connectivity index (χ0v) is 12.4. The molecule has 0 aromatic heterocycles. The summed E-state index contributed by atoms with van der Waals surface area (Å²) in [5.41, 5.74) is 2.83. The van der Waals surface area contributed by atoms with Crippen LogP contribution < -0.4 is 5.32 Å². The van der Waals surface area contributed by atoms with Gasteiger partial charge in [0, 0.05) is 17.2 Å². The molecule has 0 aliphatic heterocycles. The monoisotopic (exact) mass is 251 g/mol. The molecule has 0 unspecified atom stereocenters. The second-order valence-corrected chi connectivity index (χ2v) is 6.06. The molecule has 96 valence electrons. The molecule has 2 heteroatoms. The van der Waals surface area contributed by atoms with Gasteiger partial charge < -0.3 is 5.32 Å². The minimum Gasteiger partial charge on any atom is -0.313 e. The molecule has 17 heavy (non-hydrogen) atoms. The summed E-state index contributed by atoms with van der Waals surface area (Å²) in [7, 11) is 0. The van der Waals surface area contributed by atoms with E-state index in [1.54, 1.807) is 0 Å². The third-order valence-corrected chi connectivity index (χ3v) is 4.06. The standard InChI is InChI=1S/C15H25NS/c1-5-8-16-10-14-6-7-15(9-13(14)4)17-11-12(2)3/h6-7,9,12,16H,5,8,10-11H2,1-4H3. The fourth-order valence-corrected chi connectivity index (χ4v) is 2.57. The topological polar surface area (TPSA) is 12.0 Å². The van der Waals surface area contributed by atoms with Gasteiger partial charge in [0.15, 0.2) is 0 Å². The molecule has 1 N–H and O–H groups in total. The van der Waals surface area contributed by atoms with E-state index in [0.29, 0.717) is 0 Å². The van der Waals surface area contributed by atoms with Crippen LogP contribution in [0.5, 0.6) is 0 Å². The highest BCUT2D eigenvalue weighted by Gasteiger charge is 2.02. The van der Waals surface area contributed by atoms with Crippen molar-refractivity contribution in [2.24, 2.45) is 5.92 Å². The molecule has 0 radical (unpaired) electrons. The summed E-state index contributed by atoms with van der Waals surface area (Å²) in [6, 6.07) is 6.83. The van der Waals surface area contributed by atoms with E-state index in [1.807, 2.05) is 11.8 Å². The van der Waals surface area contributed by atoms with Gasteiger partial charge in [-0.15, -0.1) is 11.8 Å². The summed E-state index contributed by atoms with van der Waals surface area (Å²) < 4.78 is 0. The van der Waals surface area contributed by atoms with Crippen LogP contribution in [-0.2, 0) is 6.54 Å². The van der Waals surface area contributed by atoms with Gasteiger partial charge in [0.1, 0.15) is 0 Å². The molecular formula is C15H25NS. The Kier molecular flexibility index (Phi) is 6.68. The highest BCUT2D eigenvalue weighted by atomic mass is 32.2. The van der Waals surface area contributed by atoms with Crippen molar-refractivity contribution < 1.29 is 0 Å². The first-order valence-electron chi connectivity index (χ1n) is 6.56. The van der Waals surface area contributed by atoms with Crippen molar-refractivity contribution in [1.29, 1.82) is 0 Å². The average molecular weight is 251 g/mol. The molecule has 0 heterocycles. The Morgan fingerprint density at radius 2 is 2.06 bits per heavy atom. The van der Waals surface area contributed by atoms with Gasteiger partial charge in [0.25, 0.3) is 0 Å². The van der Waals surface area contributed by atoms with Crippen LogP contribution in [0.4, 0.5) is 0 Å². The Bertz CT molecular complexity index is 334. The van der Waals surface area contributed by atoms with Crippen LogP contribution in [0.1, 0.15) is 38.3 Å². The van der Waals surface area contributed by atoms with Gasteiger partial charge in [-0.05, 0) is 49.1 Å². The molecule has 0 amide bonds. The van der Waals surface area contributed by atoms with E-state index in [-0.39, 0.29) is 0 Å². The highest BCUT2D eigenvalue weighted by molar-refractivity contribution is 7.99. The van der Waals surface area contributed by atoms with E-state index in [9.17, 15) is 0 Å². The first kappa shape index (κ1) is 14.6. The lowest BCUT2D eigenvalue weighted by atomic mass is 10.1. The fourth-order valence-electron chi connectivity index (χ4n) is 1.62. The minimum atomic E-state index is 0.756. The van der Waals surface area contributed by atoms with Crippen molar-refractivity contribution in [2.45, 2.75) is 45.6 Å². The molecule has 0 saturated heterocycles. The van der Waals surface area contributed by atoms with E-state index in [0.717, 1.165) is 19.0 Å². The van der Waals surface area contributed by atoms with E-state index in [1.165, 1.54) is 28.2 Å². The van der Waals surface area contributed by atoms with Crippen LogP contribution in [0.15, 0.2) is 23.1 Å². The van der Waals surface area contributed by atoms with Crippen LogP contribution in [0.25, 0.3) is 0 Å². The third-order valence-electron chi connectivity index (χ3n) is 2.64. The van der Waals surface area contributed by atoms with E-state index in [2.05, 4.69) is 51.2 Å². The summed E-state index contributed by atoms with van der Waals surface area (Å²) in [6.45, 7) is 11.0. The van der Waals surface area contributed by atoms with Crippen LogP contribution in [0.3, 0.4) is 0 Å². The molecular weight excluding hydrogens is 226 g/mol. The number of nitrogens with one attached hydrogen (secondary N) is 1. The van der Waals surface area contributed by atoms with Crippen LogP contribution in [0, 0.1) is 12.8 Å². The minimum absolute atomic E-state index is 0.756. The van der Waals surface area contributed by atoms with Gasteiger partial charge in [-0.3, -0.25) is 0 Å². The number of aryl methyl sites for hydroxylation is 1. The first-order valence-corrected chi connectivity index (χ1v) is 7.55. The maximum atomic E-state index is 3.46. The maximum Gasteiger partial charge on any atom is 0.0208 e. The molecule has 0 fully saturated rings. The Labute approximate surface area is 110 Å². The van der Waals surface area contributed by atoms with Crippen molar-refractivity contribution in [3.05, 3.63) is 29.3 Å². The number of hydrogen-bond acceptors (Lipinski definition) is 2. The largest absolute Gasteiger partial charge is 0.313 e. The summed E-state index contributed by atoms with van der Waals surface area (Å²) in [5.74, 6) is 1.96. The highest BCUT2D eigenvalue weighted by Crippen LogP contribution is 2.23. The van der Waals surface area contributed by atoms with Gasteiger partial charge in [-0.1, -0.05) is 26.8 Å². The van der Waals surface area contributed by atoms with Gasteiger partial charge in [0.2, 0.25) is 0 Å². The predicted molar refractivity (Wildman–Crippen MR) is 78.7 cm³/mol. The molecule has 1 aromatic carbocycles. The van der Waals surface area contributed by atoms with E-state index >= 15 is 0 Å². The van der Waals surface area contributed by atoms with Crippen molar-refractivity contribution in [3.8, 4) is 0 Å². The molecule has 0 spiro atoms. The summed E-state index contributed by atoms with van der Waals surface area (Å²) in [5, 5.41) is 3.46. The molecule has 1 aromatic rings. The van der Waals surface area contributed by atoms with Crippen molar-refractivity contribution in [3.63, 3.8) is 0 Å². The number of thioether (sulfide) groups is 1. The van der Waals surface area contributed by atoms with Crippen LogP contribution in [-0.4, -0.2) is 12.3 Å². The predicted octanol–water partition coefficient (Wildman–Crippen LogP) is 4.24. The number of rotatable bonds is 7. The third kappa shape index (κ3) is 5.60. The molecule has 0 atom stereocenters.